The third-order valence-corrected chi connectivity index (χ3v) is 2.35. The summed E-state index contributed by atoms with van der Waals surface area (Å²) in [6.07, 6.45) is 1.67. The van der Waals surface area contributed by atoms with Gasteiger partial charge in [0.05, 0.1) is 6.21 Å². The zero-order chi connectivity index (χ0) is 12.1. The molecular formula is C11H13N3O2S. The van der Waals surface area contributed by atoms with E-state index in [1.165, 1.54) is 0 Å². The molecule has 0 radical (unpaired) electrons. The lowest BCUT2D eigenvalue weighted by Gasteiger charge is -2.02. The summed E-state index contributed by atoms with van der Waals surface area (Å²) in [5.74, 6) is 1.50. The highest BCUT2D eigenvalue weighted by Crippen LogP contribution is 2.31. The summed E-state index contributed by atoms with van der Waals surface area (Å²) >= 11 is 4.97. The van der Waals surface area contributed by atoms with Crippen molar-refractivity contribution >= 4 is 23.5 Å². The van der Waals surface area contributed by atoms with E-state index in [-0.39, 0.29) is 6.79 Å². The molecule has 5 nitrogen and oxygen atoms in total. The molecule has 0 fully saturated rings. The van der Waals surface area contributed by atoms with Crippen molar-refractivity contribution in [2.75, 3.05) is 13.3 Å². The van der Waals surface area contributed by atoms with Crippen molar-refractivity contribution in [2.45, 2.75) is 6.92 Å². The van der Waals surface area contributed by atoms with E-state index in [4.69, 9.17) is 21.7 Å². The van der Waals surface area contributed by atoms with Crippen LogP contribution in [0.3, 0.4) is 0 Å². The SMILES string of the molecule is CCNC(=S)N/N=C\c1ccc2c(c1)OCO2. The van der Waals surface area contributed by atoms with Crippen molar-refractivity contribution in [3.05, 3.63) is 23.8 Å². The van der Waals surface area contributed by atoms with Gasteiger partial charge in [-0.05, 0) is 42.9 Å². The van der Waals surface area contributed by atoms with Gasteiger partial charge in [-0.25, -0.2) is 0 Å². The zero-order valence-corrected chi connectivity index (χ0v) is 10.2. The molecule has 1 heterocycles. The molecule has 6 heteroatoms. The first-order valence-corrected chi connectivity index (χ1v) is 5.67. The Kier molecular flexibility index (Phi) is 3.77. The van der Waals surface area contributed by atoms with E-state index in [1.807, 2.05) is 25.1 Å². The van der Waals surface area contributed by atoms with Gasteiger partial charge in [-0.3, -0.25) is 5.43 Å². The van der Waals surface area contributed by atoms with Gasteiger partial charge in [-0.15, -0.1) is 0 Å². The van der Waals surface area contributed by atoms with Gasteiger partial charge in [0.15, 0.2) is 16.6 Å². The molecule has 2 rings (SSSR count). The summed E-state index contributed by atoms with van der Waals surface area (Å²) in [4.78, 5) is 0. The minimum atomic E-state index is 0.276. The number of thiocarbonyl (C=S) groups is 1. The van der Waals surface area contributed by atoms with Crippen LogP contribution in [0.1, 0.15) is 12.5 Å². The summed E-state index contributed by atoms with van der Waals surface area (Å²) < 4.78 is 10.5. The van der Waals surface area contributed by atoms with Crippen LogP contribution in [-0.4, -0.2) is 24.7 Å². The van der Waals surface area contributed by atoms with Crippen molar-refractivity contribution < 1.29 is 9.47 Å². The summed E-state index contributed by atoms with van der Waals surface area (Å²) in [6.45, 7) is 3.01. The van der Waals surface area contributed by atoms with Gasteiger partial charge in [0, 0.05) is 6.54 Å². The third kappa shape index (κ3) is 3.07. The van der Waals surface area contributed by atoms with E-state index in [9.17, 15) is 0 Å². The van der Waals surface area contributed by atoms with Crippen LogP contribution in [0, 0.1) is 0 Å². The van der Waals surface area contributed by atoms with E-state index < -0.39 is 0 Å². The van der Waals surface area contributed by atoms with Crippen LogP contribution in [0.2, 0.25) is 0 Å². The number of hydrazone groups is 1. The Morgan fingerprint density at radius 2 is 2.29 bits per heavy atom. The molecule has 1 aliphatic heterocycles. The molecule has 0 bridgehead atoms. The molecule has 0 aromatic heterocycles. The largest absolute Gasteiger partial charge is 0.454 e. The highest BCUT2D eigenvalue weighted by molar-refractivity contribution is 7.80. The van der Waals surface area contributed by atoms with Gasteiger partial charge in [0.2, 0.25) is 6.79 Å². The van der Waals surface area contributed by atoms with E-state index in [1.54, 1.807) is 6.21 Å². The lowest BCUT2D eigenvalue weighted by molar-refractivity contribution is 0.174. The van der Waals surface area contributed by atoms with Crippen LogP contribution in [-0.2, 0) is 0 Å². The molecule has 2 N–H and O–H groups in total. The number of rotatable bonds is 3. The molecule has 0 amide bonds. The fourth-order valence-electron chi connectivity index (χ4n) is 1.36. The second-order valence-electron chi connectivity index (χ2n) is 3.34. The van der Waals surface area contributed by atoms with Gasteiger partial charge >= 0.3 is 0 Å². The molecule has 1 aliphatic rings. The number of fused-ring (bicyclic) bond motifs is 1. The van der Waals surface area contributed by atoms with E-state index >= 15 is 0 Å². The minimum absolute atomic E-state index is 0.276. The smallest absolute Gasteiger partial charge is 0.231 e. The Morgan fingerprint density at radius 3 is 3.12 bits per heavy atom. The number of nitrogens with one attached hydrogen (secondary N) is 2. The Hall–Kier alpha value is -1.82. The van der Waals surface area contributed by atoms with Gasteiger partial charge in [0.25, 0.3) is 0 Å². The molecule has 0 unspecified atom stereocenters. The summed E-state index contributed by atoms with van der Waals surface area (Å²) in [5.41, 5.74) is 3.64. The molecular weight excluding hydrogens is 238 g/mol. The Bertz CT molecular complexity index is 448. The topological polar surface area (TPSA) is 54.9 Å². The molecule has 0 atom stereocenters. The molecule has 0 spiro atoms. The van der Waals surface area contributed by atoms with E-state index in [0.29, 0.717) is 5.11 Å². The summed E-state index contributed by atoms with van der Waals surface area (Å²) in [6, 6.07) is 5.62. The van der Waals surface area contributed by atoms with Gasteiger partial charge < -0.3 is 14.8 Å². The lowest BCUT2D eigenvalue weighted by Crippen LogP contribution is -2.31. The monoisotopic (exact) mass is 251 g/mol. The zero-order valence-electron chi connectivity index (χ0n) is 9.40. The number of hydrogen-bond donors (Lipinski definition) is 2. The molecule has 0 saturated carbocycles. The molecule has 1 aromatic rings. The fraction of sp³-hybridized carbons (Fsp3) is 0.273. The molecule has 17 heavy (non-hydrogen) atoms. The fourth-order valence-corrected chi connectivity index (χ4v) is 1.56. The van der Waals surface area contributed by atoms with Crippen LogP contribution in [0.4, 0.5) is 0 Å². The van der Waals surface area contributed by atoms with Crippen molar-refractivity contribution in [2.24, 2.45) is 5.10 Å². The number of benzene rings is 1. The maximum atomic E-state index is 5.26. The average Bonchev–Trinajstić information content (AvgIpc) is 2.76. The second-order valence-corrected chi connectivity index (χ2v) is 3.75. The Balaban J connectivity index is 1.95. The van der Waals surface area contributed by atoms with Crippen LogP contribution < -0.4 is 20.2 Å². The summed E-state index contributed by atoms with van der Waals surface area (Å²) in [7, 11) is 0. The van der Waals surface area contributed by atoms with Crippen LogP contribution in [0.5, 0.6) is 11.5 Å². The maximum absolute atomic E-state index is 5.26. The summed E-state index contributed by atoms with van der Waals surface area (Å²) in [5, 5.41) is 7.45. The highest BCUT2D eigenvalue weighted by Gasteiger charge is 2.12. The van der Waals surface area contributed by atoms with Crippen molar-refractivity contribution in [1.29, 1.82) is 0 Å². The quantitative estimate of drug-likeness (QED) is 0.481. The molecule has 0 aliphatic carbocycles. The average molecular weight is 251 g/mol. The standard InChI is InChI=1S/C11H13N3O2S/c1-2-12-11(17)14-13-6-8-3-4-9-10(5-8)16-7-15-9/h3-6H,2,7H2,1H3,(H2,12,14,17)/b13-6-. The highest BCUT2D eigenvalue weighted by atomic mass is 32.1. The van der Waals surface area contributed by atoms with Gasteiger partial charge in [0.1, 0.15) is 0 Å². The third-order valence-electron chi connectivity index (χ3n) is 2.11. The first-order valence-electron chi connectivity index (χ1n) is 5.26. The molecule has 90 valence electrons. The van der Waals surface area contributed by atoms with Gasteiger partial charge in [-0.1, -0.05) is 0 Å². The predicted molar refractivity (Wildman–Crippen MR) is 69.6 cm³/mol. The lowest BCUT2D eigenvalue weighted by atomic mass is 10.2. The van der Waals surface area contributed by atoms with E-state index in [0.717, 1.165) is 23.6 Å². The van der Waals surface area contributed by atoms with Crippen molar-refractivity contribution in [3.63, 3.8) is 0 Å². The second kappa shape index (κ2) is 5.49. The molecule has 1 aromatic carbocycles. The van der Waals surface area contributed by atoms with Crippen LogP contribution >= 0.6 is 12.2 Å². The Morgan fingerprint density at radius 1 is 1.47 bits per heavy atom. The minimum Gasteiger partial charge on any atom is -0.454 e. The van der Waals surface area contributed by atoms with Crippen molar-refractivity contribution in [1.82, 2.24) is 10.7 Å². The normalized spacial score (nSPS) is 12.8. The van der Waals surface area contributed by atoms with Crippen LogP contribution in [0.15, 0.2) is 23.3 Å². The number of hydrogen-bond acceptors (Lipinski definition) is 4. The van der Waals surface area contributed by atoms with Crippen LogP contribution in [0.25, 0.3) is 0 Å². The Labute approximate surface area is 105 Å². The number of nitrogens with zero attached hydrogens (tertiary/aromatic N) is 1. The van der Waals surface area contributed by atoms with Gasteiger partial charge in [-0.2, -0.15) is 5.10 Å². The first kappa shape index (κ1) is 11.7. The number of ether oxygens (including phenoxy) is 2. The predicted octanol–water partition coefficient (Wildman–Crippen LogP) is 1.23. The van der Waals surface area contributed by atoms with Crippen molar-refractivity contribution in [3.8, 4) is 11.5 Å². The van der Waals surface area contributed by atoms with E-state index in [2.05, 4.69) is 15.8 Å². The maximum Gasteiger partial charge on any atom is 0.231 e. The first-order chi connectivity index (χ1) is 8.29. The molecule has 0 saturated heterocycles.